The lowest BCUT2D eigenvalue weighted by Crippen LogP contribution is -2.34. The van der Waals surface area contributed by atoms with Gasteiger partial charge in [0.1, 0.15) is 34.9 Å². The number of phenolic OH excluding ortho intramolecular Hbond substituents is 7. The van der Waals surface area contributed by atoms with Gasteiger partial charge in [-0.1, -0.05) is 5.21 Å². The fourth-order valence-corrected chi connectivity index (χ4v) is 5.88. The number of aromatic nitrogens is 3. The highest BCUT2D eigenvalue weighted by atomic mass is 16.6. The Balaban J connectivity index is 1.06. The summed E-state index contributed by atoms with van der Waals surface area (Å²) in [5.41, 5.74) is 6.22. The first-order valence-corrected chi connectivity index (χ1v) is 18.2. The summed E-state index contributed by atoms with van der Waals surface area (Å²) < 4.78 is 40.4. The number of hydrogen-bond acceptors (Lipinski definition) is 18. The Kier molecular flexibility index (Phi) is 15.8. The molecule has 0 saturated heterocycles. The number of benzene rings is 3. The molecule has 0 amide bonds. The fourth-order valence-electron chi connectivity index (χ4n) is 5.88. The Morgan fingerprint density at radius 2 is 1.30 bits per heavy atom. The third-order valence-corrected chi connectivity index (χ3v) is 8.72. The minimum absolute atomic E-state index is 0.0593. The van der Waals surface area contributed by atoms with E-state index in [0.717, 1.165) is 30.3 Å². The largest absolute Gasteiger partial charge is 0.508 e. The average Bonchev–Trinajstić information content (AvgIpc) is 3.63. The number of hydrogen-bond donors (Lipinski definition) is 8. The molecule has 0 radical (unpaired) electrons. The van der Waals surface area contributed by atoms with Crippen LogP contribution in [0.3, 0.4) is 0 Å². The summed E-state index contributed by atoms with van der Waals surface area (Å²) in [6.45, 7) is 5.42. The van der Waals surface area contributed by atoms with Crippen LogP contribution < -0.4 is 10.5 Å². The molecule has 3 aromatic carbocycles. The van der Waals surface area contributed by atoms with E-state index < -0.39 is 35.4 Å². The minimum atomic E-state index is -1.19. The second-order valence-corrected chi connectivity index (χ2v) is 12.9. The molecule has 5 rings (SSSR count). The lowest BCUT2D eigenvalue weighted by Gasteiger charge is -2.34. The van der Waals surface area contributed by atoms with Gasteiger partial charge in [-0.25, -0.2) is 9.48 Å². The number of rotatable bonds is 23. The predicted octanol–water partition coefficient (Wildman–Crippen LogP) is 1.95. The first-order valence-electron chi connectivity index (χ1n) is 18.2. The molecule has 57 heavy (non-hydrogen) atoms. The lowest BCUT2D eigenvalue weighted by molar-refractivity contribution is -0.0189. The van der Waals surface area contributed by atoms with Gasteiger partial charge in [0.25, 0.3) is 0 Å². The smallest absolute Gasteiger partial charge is 0.338 e. The molecule has 310 valence electrons. The molecular weight excluding hydrogens is 752 g/mol. The molecule has 9 N–H and O–H groups in total. The van der Waals surface area contributed by atoms with E-state index in [9.17, 15) is 40.5 Å². The second-order valence-electron chi connectivity index (χ2n) is 12.9. The van der Waals surface area contributed by atoms with Gasteiger partial charge in [-0.3, -0.25) is 0 Å². The molecule has 2 heterocycles. The van der Waals surface area contributed by atoms with Crippen LogP contribution in [0.15, 0.2) is 42.6 Å². The van der Waals surface area contributed by atoms with Crippen molar-refractivity contribution in [2.24, 2.45) is 5.73 Å². The molecule has 0 bridgehead atoms. The number of aromatic hydroxyl groups is 7. The Morgan fingerprint density at radius 1 is 0.719 bits per heavy atom. The molecule has 0 saturated carbocycles. The lowest BCUT2D eigenvalue weighted by atomic mass is 9.93. The molecule has 0 spiro atoms. The van der Waals surface area contributed by atoms with E-state index in [2.05, 4.69) is 10.3 Å². The normalized spacial score (nSPS) is 15.0. The molecule has 0 aliphatic carbocycles. The van der Waals surface area contributed by atoms with E-state index in [0.29, 0.717) is 91.3 Å². The van der Waals surface area contributed by atoms with Crippen LogP contribution in [0.4, 0.5) is 0 Å². The highest BCUT2D eigenvalue weighted by molar-refractivity contribution is 5.91. The first kappa shape index (κ1) is 42.6. The van der Waals surface area contributed by atoms with Crippen molar-refractivity contribution >= 4 is 5.97 Å². The maximum atomic E-state index is 13.4. The quantitative estimate of drug-likeness (QED) is 0.0302. The topological polar surface area (TPSA) is 280 Å². The van der Waals surface area contributed by atoms with Gasteiger partial charge < -0.3 is 74.6 Å². The number of fused-ring (bicyclic) bond motifs is 1. The van der Waals surface area contributed by atoms with Crippen molar-refractivity contribution in [2.45, 2.75) is 38.0 Å². The van der Waals surface area contributed by atoms with Gasteiger partial charge in [0.15, 0.2) is 23.4 Å². The van der Waals surface area contributed by atoms with Gasteiger partial charge in [-0.15, -0.1) is 5.10 Å². The van der Waals surface area contributed by atoms with Gasteiger partial charge in [0.05, 0.1) is 83.9 Å². The van der Waals surface area contributed by atoms with E-state index in [4.69, 9.17) is 38.9 Å². The van der Waals surface area contributed by atoms with E-state index in [-0.39, 0.29) is 63.8 Å². The van der Waals surface area contributed by atoms with Crippen LogP contribution in [-0.2, 0) is 54.2 Å². The maximum absolute atomic E-state index is 13.4. The second kappa shape index (κ2) is 21.1. The van der Waals surface area contributed by atoms with Crippen molar-refractivity contribution in [3.63, 3.8) is 0 Å². The molecule has 0 fully saturated rings. The number of carbonyl (C=O) groups is 1. The Morgan fingerprint density at radius 3 is 1.89 bits per heavy atom. The van der Waals surface area contributed by atoms with Crippen LogP contribution in [0.25, 0.3) is 0 Å². The summed E-state index contributed by atoms with van der Waals surface area (Å²) >= 11 is 0. The summed E-state index contributed by atoms with van der Waals surface area (Å²) in [7, 11) is 0. The number of phenols is 7. The van der Waals surface area contributed by atoms with Crippen LogP contribution in [0.1, 0.15) is 38.8 Å². The number of esters is 1. The van der Waals surface area contributed by atoms with Crippen molar-refractivity contribution in [3.05, 3.63) is 70.5 Å². The third kappa shape index (κ3) is 12.2. The van der Waals surface area contributed by atoms with Crippen molar-refractivity contribution < 1.29 is 73.7 Å². The monoisotopic (exact) mass is 800 g/mol. The summed E-state index contributed by atoms with van der Waals surface area (Å²) in [4.78, 5) is 13.4. The van der Waals surface area contributed by atoms with Gasteiger partial charge in [-0.2, -0.15) is 0 Å². The molecule has 4 aromatic rings. The van der Waals surface area contributed by atoms with Crippen LogP contribution in [0, 0.1) is 0 Å². The van der Waals surface area contributed by atoms with E-state index in [1.54, 1.807) is 10.9 Å². The van der Waals surface area contributed by atoms with Crippen molar-refractivity contribution in [3.8, 4) is 46.0 Å². The van der Waals surface area contributed by atoms with Gasteiger partial charge >= 0.3 is 5.97 Å². The summed E-state index contributed by atoms with van der Waals surface area (Å²) in [5, 5.41) is 80.4. The number of aryl methyl sites for hydroxylation is 1. The highest BCUT2D eigenvalue weighted by Gasteiger charge is 2.37. The molecule has 1 aliphatic heterocycles. The van der Waals surface area contributed by atoms with E-state index in [1.807, 2.05) is 0 Å². The molecule has 1 aliphatic rings. The zero-order chi connectivity index (χ0) is 40.7. The van der Waals surface area contributed by atoms with Crippen LogP contribution in [-0.4, -0.2) is 135 Å². The number of carbonyl (C=O) groups excluding carboxylic acids is 1. The average molecular weight is 801 g/mol. The maximum Gasteiger partial charge on any atom is 0.338 e. The molecule has 19 nitrogen and oxygen atoms in total. The van der Waals surface area contributed by atoms with Crippen molar-refractivity contribution in [2.75, 3.05) is 72.6 Å². The summed E-state index contributed by atoms with van der Waals surface area (Å²) in [5.74, 6) is -4.37. The zero-order valence-electron chi connectivity index (χ0n) is 31.1. The predicted molar refractivity (Wildman–Crippen MR) is 198 cm³/mol. The number of ether oxygens (including phenoxy) is 7. The van der Waals surface area contributed by atoms with Crippen molar-refractivity contribution in [1.82, 2.24) is 15.0 Å². The Labute approximate surface area is 327 Å². The number of nitrogens with two attached hydrogens (primary N) is 1. The molecule has 19 heteroatoms. The molecular formula is C38H48N4O15. The van der Waals surface area contributed by atoms with Crippen LogP contribution >= 0.6 is 0 Å². The standard InChI is InChI=1S/C38H48N4O15/c39-3-5-51-7-9-53-11-13-55-14-12-54-10-8-52-6-4-42-22-25(40-41-42)1-2-27-29(44)17-24(18-30(27)45)38(50)57-35-21-28-31(46)19-26(43)20-34(28)56-37(35)23-15-32(47)36(49)33(48)16-23/h15-20,22,35,37,43-49H,1-14,21,39H2/t35-,37?/m1/s1. The van der Waals surface area contributed by atoms with E-state index in [1.165, 1.54) is 6.07 Å². The Hall–Kier alpha value is -5.57. The zero-order valence-corrected chi connectivity index (χ0v) is 31.1. The first-order chi connectivity index (χ1) is 27.5. The van der Waals surface area contributed by atoms with Crippen LogP contribution in [0.2, 0.25) is 0 Å². The van der Waals surface area contributed by atoms with Crippen LogP contribution in [0.5, 0.6) is 46.0 Å². The molecule has 1 unspecified atom stereocenters. The van der Waals surface area contributed by atoms with Crippen molar-refractivity contribution in [1.29, 1.82) is 0 Å². The van der Waals surface area contributed by atoms with Gasteiger partial charge in [0, 0.05) is 48.0 Å². The molecule has 1 aromatic heterocycles. The summed E-state index contributed by atoms with van der Waals surface area (Å²) in [6.07, 6.45) is -0.310. The SMILES string of the molecule is NCCOCCOCCOCCOCCOCCn1cc(CCc2c(O)cc(C(=O)O[C@@H]3Cc4c(O)cc(O)cc4OC3c3cc(O)c(O)c(O)c3)cc2O)nn1. The van der Waals surface area contributed by atoms with Gasteiger partial charge in [-0.05, 0) is 37.1 Å². The fraction of sp³-hybridized carbons (Fsp3) is 0.447. The van der Waals surface area contributed by atoms with E-state index >= 15 is 0 Å². The highest BCUT2D eigenvalue weighted by Crippen LogP contribution is 2.46. The van der Waals surface area contributed by atoms with Gasteiger partial charge in [0.2, 0.25) is 0 Å². The minimum Gasteiger partial charge on any atom is -0.508 e. The summed E-state index contributed by atoms with van der Waals surface area (Å²) in [6, 6.07) is 6.82. The molecule has 2 atom stereocenters. The third-order valence-electron chi connectivity index (χ3n) is 8.72. The number of nitrogens with zero attached hydrogens (tertiary/aromatic N) is 3. The Bertz CT molecular complexity index is 1880.